The van der Waals surface area contributed by atoms with Gasteiger partial charge in [-0.15, -0.1) is 10.2 Å². The summed E-state index contributed by atoms with van der Waals surface area (Å²) in [4.78, 5) is 0. The van der Waals surface area contributed by atoms with Gasteiger partial charge in [-0.2, -0.15) is 28.0 Å². The molecule has 0 aliphatic heterocycles. The molecule has 11 nitrogen and oxygen atoms in total. The van der Waals surface area contributed by atoms with E-state index < -0.39 is 24.2 Å². The van der Waals surface area contributed by atoms with Gasteiger partial charge in [0.2, 0.25) is 5.69 Å². The number of pyridine rings is 1. The Labute approximate surface area is 238 Å². The molecule has 42 heavy (non-hydrogen) atoms. The molecule has 1 atom stereocenters. The molecule has 0 amide bonds. The van der Waals surface area contributed by atoms with Gasteiger partial charge >= 0.3 is 6.55 Å². The lowest BCUT2D eigenvalue weighted by Crippen LogP contribution is -2.36. The summed E-state index contributed by atoms with van der Waals surface area (Å²) in [7, 11) is 0. The zero-order chi connectivity index (χ0) is 29.4. The van der Waals surface area contributed by atoms with Crippen molar-refractivity contribution in [2.24, 2.45) is 0 Å². The number of halogens is 5. The first-order valence-corrected chi connectivity index (χ1v) is 12.6. The predicted octanol–water partition coefficient (Wildman–Crippen LogP) is 4.58. The Morgan fingerprint density at radius 2 is 1.74 bits per heavy atom. The van der Waals surface area contributed by atoms with E-state index in [4.69, 9.17) is 11.6 Å². The van der Waals surface area contributed by atoms with Crippen LogP contribution in [0.25, 0.3) is 28.1 Å². The molecule has 0 saturated heterocycles. The highest BCUT2D eigenvalue weighted by molar-refractivity contribution is 6.31. The molecular weight excluding hydrogens is 580 g/mol. The lowest BCUT2D eigenvalue weighted by Gasteiger charge is -2.18. The van der Waals surface area contributed by atoms with Crippen LogP contribution in [0.5, 0.6) is 0 Å². The zero-order valence-electron chi connectivity index (χ0n) is 21.1. The second-order valence-electron chi connectivity index (χ2n) is 9.10. The van der Waals surface area contributed by atoms with Gasteiger partial charge in [0.25, 0.3) is 0 Å². The minimum absolute atomic E-state index is 0.00419. The Morgan fingerprint density at radius 3 is 2.43 bits per heavy atom. The number of hydrogen-bond donors (Lipinski definition) is 0. The fraction of sp³-hybridized carbons (Fsp3) is 0.115. The molecule has 212 valence electrons. The van der Waals surface area contributed by atoms with Gasteiger partial charge in [0.1, 0.15) is 23.9 Å². The number of hydrogen-bond acceptors (Lipinski definition) is 7. The van der Waals surface area contributed by atoms with Crippen molar-refractivity contribution in [3.8, 4) is 28.1 Å². The molecule has 6 rings (SSSR count). The van der Waals surface area contributed by atoms with E-state index in [2.05, 4.69) is 30.9 Å². The summed E-state index contributed by atoms with van der Waals surface area (Å²) in [6.45, 7) is -2.86. The smallest absolute Gasteiger partial charge is 0.334 e. The van der Waals surface area contributed by atoms with Crippen LogP contribution in [-0.4, -0.2) is 45.0 Å². The van der Waals surface area contributed by atoms with Crippen LogP contribution in [-0.2, 0) is 6.42 Å². The molecule has 0 aliphatic carbocycles. The molecule has 0 fully saturated rings. The summed E-state index contributed by atoms with van der Waals surface area (Å²) in [5.74, 6) is -1.20. The molecule has 2 aromatic carbocycles. The van der Waals surface area contributed by atoms with Crippen molar-refractivity contribution in [3.05, 3.63) is 113 Å². The maximum absolute atomic E-state index is 15.3. The molecule has 4 heterocycles. The summed E-state index contributed by atoms with van der Waals surface area (Å²) < 4.78 is 58.6. The molecule has 0 bridgehead atoms. The van der Waals surface area contributed by atoms with Crippen molar-refractivity contribution >= 4 is 11.6 Å². The van der Waals surface area contributed by atoms with E-state index in [1.165, 1.54) is 64.6 Å². The van der Waals surface area contributed by atoms with E-state index in [-0.39, 0.29) is 39.6 Å². The Hall–Kier alpha value is -5.18. The highest BCUT2D eigenvalue weighted by Crippen LogP contribution is 2.34. The van der Waals surface area contributed by atoms with Crippen LogP contribution in [0.2, 0.25) is 5.02 Å². The Morgan fingerprint density at radius 1 is 0.929 bits per heavy atom. The lowest BCUT2D eigenvalue weighted by atomic mass is 10.00. The van der Waals surface area contributed by atoms with Gasteiger partial charge < -0.3 is 5.21 Å². The molecule has 0 N–H and O–H groups in total. The third kappa shape index (κ3) is 5.16. The zero-order valence-corrected chi connectivity index (χ0v) is 21.9. The second-order valence-corrected chi connectivity index (χ2v) is 9.50. The summed E-state index contributed by atoms with van der Waals surface area (Å²) in [5.41, 5.74) is 1.89. The van der Waals surface area contributed by atoms with E-state index in [0.29, 0.717) is 20.5 Å². The third-order valence-corrected chi connectivity index (χ3v) is 6.80. The van der Waals surface area contributed by atoms with Crippen LogP contribution < -0.4 is 4.73 Å². The standard InChI is InChI=1S/C26H17ClF4N10O/c27-19-6-8-22(40-14-32-35-37-40)24(25(19)29)16-3-7-21(41(42)12-16)23(9-15-1-4-18(28)5-2-15)38-11-17(10-33-38)20-13-39(26(30)31)36-34-20/h1-8,10-14,23,26H,9H2/t23-/m0/s1. The van der Waals surface area contributed by atoms with Gasteiger partial charge in [0.05, 0.1) is 34.2 Å². The average molecular weight is 597 g/mol. The first kappa shape index (κ1) is 27.0. The van der Waals surface area contributed by atoms with Crippen molar-refractivity contribution in [2.45, 2.75) is 19.0 Å². The molecule has 0 spiro atoms. The van der Waals surface area contributed by atoms with E-state index in [1.807, 2.05) is 0 Å². The predicted molar refractivity (Wildman–Crippen MR) is 139 cm³/mol. The first-order chi connectivity index (χ1) is 20.3. The maximum atomic E-state index is 15.3. The van der Waals surface area contributed by atoms with Crippen LogP contribution in [0, 0.1) is 16.8 Å². The molecule has 0 saturated carbocycles. The molecular formula is C26H17ClF4N10O. The maximum Gasteiger partial charge on any atom is 0.334 e. The molecule has 0 radical (unpaired) electrons. The van der Waals surface area contributed by atoms with E-state index in [9.17, 15) is 18.4 Å². The molecule has 0 aliphatic rings. The topological polar surface area (TPSA) is 119 Å². The minimum atomic E-state index is -2.86. The average Bonchev–Trinajstić information content (AvgIpc) is 3.76. The number of nitrogens with zero attached hydrogens (tertiary/aromatic N) is 10. The summed E-state index contributed by atoms with van der Waals surface area (Å²) in [5, 5.41) is 35.9. The second kappa shape index (κ2) is 11.0. The Bertz CT molecular complexity index is 1860. The van der Waals surface area contributed by atoms with Gasteiger partial charge in [-0.05, 0) is 46.3 Å². The molecule has 6 aromatic rings. The van der Waals surface area contributed by atoms with Crippen molar-refractivity contribution in [1.29, 1.82) is 0 Å². The summed E-state index contributed by atoms with van der Waals surface area (Å²) in [6.07, 6.45) is 6.68. The Kier molecular flexibility index (Phi) is 7.08. The largest absolute Gasteiger partial charge is 0.618 e. The van der Waals surface area contributed by atoms with Crippen LogP contribution in [0.3, 0.4) is 0 Å². The van der Waals surface area contributed by atoms with Crippen molar-refractivity contribution in [3.63, 3.8) is 0 Å². The number of tetrazole rings is 1. The van der Waals surface area contributed by atoms with Gasteiger partial charge in [0.15, 0.2) is 12.0 Å². The number of benzene rings is 2. The number of rotatable bonds is 8. The van der Waals surface area contributed by atoms with Gasteiger partial charge in [-0.25, -0.2) is 8.78 Å². The number of aromatic nitrogens is 10. The van der Waals surface area contributed by atoms with Crippen LogP contribution >= 0.6 is 11.6 Å². The third-order valence-electron chi connectivity index (χ3n) is 6.51. The monoisotopic (exact) mass is 596 g/mol. The quantitative estimate of drug-likeness (QED) is 0.143. The SMILES string of the molecule is [O-][n+]1cc(-c2c(-n3cnnn3)ccc(Cl)c2F)ccc1[C@H](Cc1ccc(F)cc1)n1cc(-c2cn(C(F)F)nn2)cn1. The fourth-order valence-corrected chi connectivity index (χ4v) is 4.66. The summed E-state index contributed by atoms with van der Waals surface area (Å²) in [6, 6.07) is 10.9. The van der Waals surface area contributed by atoms with Gasteiger partial charge in [-0.3, -0.25) is 4.68 Å². The van der Waals surface area contributed by atoms with E-state index in [0.717, 1.165) is 6.20 Å². The van der Waals surface area contributed by atoms with Gasteiger partial charge in [-0.1, -0.05) is 28.9 Å². The highest BCUT2D eigenvalue weighted by atomic mass is 35.5. The number of alkyl halides is 2. The first-order valence-electron chi connectivity index (χ1n) is 12.2. The van der Waals surface area contributed by atoms with Crippen molar-refractivity contribution < 1.29 is 22.3 Å². The van der Waals surface area contributed by atoms with E-state index >= 15 is 4.39 Å². The fourth-order valence-electron chi connectivity index (χ4n) is 4.50. The van der Waals surface area contributed by atoms with Crippen molar-refractivity contribution in [1.82, 2.24) is 45.0 Å². The van der Waals surface area contributed by atoms with Crippen LogP contribution in [0.4, 0.5) is 17.6 Å². The van der Waals surface area contributed by atoms with Crippen LogP contribution in [0.1, 0.15) is 23.8 Å². The minimum Gasteiger partial charge on any atom is -0.618 e. The molecule has 0 unspecified atom stereocenters. The Balaban J connectivity index is 1.42. The van der Waals surface area contributed by atoms with Crippen LogP contribution in [0.15, 0.2) is 79.6 Å². The van der Waals surface area contributed by atoms with Crippen molar-refractivity contribution in [2.75, 3.05) is 0 Å². The summed E-state index contributed by atoms with van der Waals surface area (Å²) >= 11 is 6.06. The lowest BCUT2D eigenvalue weighted by molar-refractivity contribution is -0.615. The molecule has 16 heteroatoms. The van der Waals surface area contributed by atoms with E-state index in [1.54, 1.807) is 18.2 Å². The highest BCUT2D eigenvalue weighted by Gasteiger charge is 2.27. The molecule has 4 aromatic heterocycles. The van der Waals surface area contributed by atoms with Gasteiger partial charge in [0, 0.05) is 24.2 Å². The normalized spacial score (nSPS) is 12.2.